The van der Waals surface area contributed by atoms with E-state index >= 15 is 0 Å². The van der Waals surface area contributed by atoms with Gasteiger partial charge in [-0.15, -0.1) is 0 Å². The van der Waals surface area contributed by atoms with Gasteiger partial charge in [-0.05, 0) is 48.9 Å². The molecule has 1 aliphatic rings. The third-order valence-electron chi connectivity index (χ3n) is 5.59. The minimum absolute atomic E-state index is 0.192. The molecular formula is C24H31NO. The van der Waals surface area contributed by atoms with Crippen LogP contribution in [-0.2, 0) is 4.79 Å². The first kappa shape index (κ1) is 18.7. The Morgan fingerprint density at radius 2 is 1.46 bits per heavy atom. The quantitative estimate of drug-likeness (QED) is 0.542. The van der Waals surface area contributed by atoms with E-state index in [2.05, 4.69) is 6.92 Å². The molecule has 0 heterocycles. The van der Waals surface area contributed by atoms with E-state index in [1.165, 1.54) is 38.5 Å². The second kappa shape index (κ2) is 9.56. The molecule has 0 aliphatic heterocycles. The highest BCUT2D eigenvalue weighted by Crippen LogP contribution is 2.31. The summed E-state index contributed by atoms with van der Waals surface area (Å²) >= 11 is 0. The lowest BCUT2D eigenvalue weighted by molar-refractivity contribution is -0.118. The highest BCUT2D eigenvalue weighted by molar-refractivity contribution is 6.00. The summed E-state index contributed by atoms with van der Waals surface area (Å²) in [6.07, 6.45) is 9.84. The van der Waals surface area contributed by atoms with Gasteiger partial charge < -0.3 is 0 Å². The first-order chi connectivity index (χ1) is 12.7. The van der Waals surface area contributed by atoms with E-state index in [0.717, 1.165) is 23.7 Å². The molecule has 1 atom stereocenters. The number of nitrogens with zero attached hydrogens (tertiary/aromatic N) is 1. The van der Waals surface area contributed by atoms with Gasteiger partial charge in [0.05, 0.1) is 0 Å². The number of hydrogen-bond acceptors (Lipinski definition) is 1. The molecule has 2 nitrogen and oxygen atoms in total. The van der Waals surface area contributed by atoms with Crippen molar-refractivity contribution in [2.24, 2.45) is 11.8 Å². The standard InChI is InChI=1S/C24H31NO/c1-20(19-21-11-5-2-6-12-21)17-18-24(26)25(22-13-7-3-8-14-22)23-15-9-4-10-16-23/h3-4,7-10,13-16,20-21H,2,5-6,11-12,17-19H2,1H3/t20-/m1/s1. The van der Waals surface area contributed by atoms with Gasteiger partial charge in [0, 0.05) is 17.8 Å². The molecule has 1 fully saturated rings. The maximum absolute atomic E-state index is 13.1. The zero-order valence-electron chi connectivity index (χ0n) is 15.9. The van der Waals surface area contributed by atoms with Gasteiger partial charge in [0.2, 0.25) is 5.91 Å². The van der Waals surface area contributed by atoms with Gasteiger partial charge in [-0.2, -0.15) is 0 Å². The number of hydrogen-bond donors (Lipinski definition) is 0. The summed E-state index contributed by atoms with van der Waals surface area (Å²) in [5.41, 5.74) is 1.90. The van der Waals surface area contributed by atoms with Crippen molar-refractivity contribution < 1.29 is 4.79 Å². The minimum Gasteiger partial charge on any atom is -0.281 e. The van der Waals surface area contributed by atoms with Gasteiger partial charge >= 0.3 is 0 Å². The van der Waals surface area contributed by atoms with E-state index in [9.17, 15) is 4.79 Å². The molecule has 138 valence electrons. The van der Waals surface area contributed by atoms with Crippen LogP contribution in [0.15, 0.2) is 60.7 Å². The molecular weight excluding hydrogens is 318 g/mol. The van der Waals surface area contributed by atoms with E-state index in [1.807, 2.05) is 65.6 Å². The van der Waals surface area contributed by atoms with Crippen LogP contribution in [0, 0.1) is 11.8 Å². The molecule has 3 rings (SSSR count). The van der Waals surface area contributed by atoms with Crippen molar-refractivity contribution in [3.8, 4) is 0 Å². The predicted octanol–water partition coefficient (Wildman–Crippen LogP) is 6.74. The minimum atomic E-state index is 0.192. The topological polar surface area (TPSA) is 20.3 Å². The van der Waals surface area contributed by atoms with Crippen molar-refractivity contribution in [3.05, 3.63) is 60.7 Å². The molecule has 0 bridgehead atoms. The fraction of sp³-hybridized carbons (Fsp3) is 0.458. The lowest BCUT2D eigenvalue weighted by Gasteiger charge is -2.26. The summed E-state index contributed by atoms with van der Waals surface area (Å²) in [6.45, 7) is 2.32. The van der Waals surface area contributed by atoms with Crippen LogP contribution < -0.4 is 4.90 Å². The average molecular weight is 350 g/mol. The number of carbonyl (C=O) groups is 1. The lowest BCUT2D eigenvalue weighted by Crippen LogP contribution is -2.26. The number of rotatable bonds is 7. The van der Waals surface area contributed by atoms with Crippen molar-refractivity contribution in [1.82, 2.24) is 0 Å². The Labute approximate surface area is 158 Å². The molecule has 1 saturated carbocycles. The van der Waals surface area contributed by atoms with E-state index < -0.39 is 0 Å². The predicted molar refractivity (Wildman–Crippen MR) is 110 cm³/mol. The largest absolute Gasteiger partial charge is 0.281 e. The molecule has 2 aromatic carbocycles. The van der Waals surface area contributed by atoms with Gasteiger partial charge in [-0.25, -0.2) is 0 Å². The normalized spacial score (nSPS) is 16.2. The van der Waals surface area contributed by atoms with Crippen LogP contribution in [-0.4, -0.2) is 5.91 Å². The summed E-state index contributed by atoms with van der Waals surface area (Å²) in [5.74, 6) is 1.70. The van der Waals surface area contributed by atoms with Crippen LogP contribution in [0.5, 0.6) is 0 Å². The molecule has 0 unspecified atom stereocenters. The van der Waals surface area contributed by atoms with E-state index in [-0.39, 0.29) is 5.91 Å². The number of carbonyl (C=O) groups excluding carboxylic acids is 1. The molecule has 0 N–H and O–H groups in total. The third kappa shape index (κ3) is 5.20. The SMILES string of the molecule is C[C@H](CCC(=O)N(c1ccccc1)c1ccccc1)CC1CCCCC1. The first-order valence-corrected chi connectivity index (χ1v) is 10.2. The summed E-state index contributed by atoms with van der Waals surface area (Å²) in [7, 11) is 0. The van der Waals surface area contributed by atoms with Crippen LogP contribution in [0.25, 0.3) is 0 Å². The Balaban J connectivity index is 1.62. The molecule has 0 spiro atoms. The molecule has 2 aromatic rings. The van der Waals surface area contributed by atoms with Gasteiger partial charge in [-0.3, -0.25) is 9.69 Å². The second-order valence-electron chi connectivity index (χ2n) is 7.78. The Morgan fingerprint density at radius 1 is 0.923 bits per heavy atom. The van der Waals surface area contributed by atoms with Crippen molar-refractivity contribution in [1.29, 1.82) is 0 Å². The zero-order valence-corrected chi connectivity index (χ0v) is 15.9. The maximum atomic E-state index is 13.1. The molecule has 1 amide bonds. The van der Waals surface area contributed by atoms with Gasteiger partial charge in [0.25, 0.3) is 0 Å². The molecule has 0 saturated heterocycles. The zero-order chi connectivity index (χ0) is 18.2. The van der Waals surface area contributed by atoms with Crippen LogP contribution in [0.2, 0.25) is 0 Å². The Morgan fingerprint density at radius 3 is 2.00 bits per heavy atom. The molecule has 0 aromatic heterocycles. The van der Waals surface area contributed by atoms with Crippen LogP contribution in [0.4, 0.5) is 11.4 Å². The number of amides is 1. The maximum Gasteiger partial charge on any atom is 0.231 e. The smallest absolute Gasteiger partial charge is 0.231 e. The highest BCUT2D eigenvalue weighted by atomic mass is 16.2. The van der Waals surface area contributed by atoms with Gasteiger partial charge in [0.15, 0.2) is 0 Å². The van der Waals surface area contributed by atoms with E-state index in [1.54, 1.807) is 0 Å². The van der Waals surface area contributed by atoms with Crippen LogP contribution in [0.3, 0.4) is 0 Å². The first-order valence-electron chi connectivity index (χ1n) is 10.2. The fourth-order valence-electron chi connectivity index (χ4n) is 4.18. The average Bonchev–Trinajstić information content (AvgIpc) is 2.69. The fourth-order valence-corrected chi connectivity index (χ4v) is 4.18. The van der Waals surface area contributed by atoms with Crippen molar-refractivity contribution in [2.75, 3.05) is 4.90 Å². The van der Waals surface area contributed by atoms with Crippen LogP contribution in [0.1, 0.15) is 58.3 Å². The molecule has 1 aliphatic carbocycles. The van der Waals surface area contributed by atoms with Crippen molar-refractivity contribution >= 4 is 17.3 Å². The van der Waals surface area contributed by atoms with Crippen LogP contribution >= 0.6 is 0 Å². The third-order valence-corrected chi connectivity index (χ3v) is 5.59. The molecule has 0 radical (unpaired) electrons. The van der Waals surface area contributed by atoms with E-state index in [0.29, 0.717) is 12.3 Å². The Kier molecular flexibility index (Phi) is 6.88. The van der Waals surface area contributed by atoms with Crippen molar-refractivity contribution in [3.63, 3.8) is 0 Å². The molecule has 2 heteroatoms. The highest BCUT2D eigenvalue weighted by Gasteiger charge is 2.20. The second-order valence-corrected chi connectivity index (χ2v) is 7.78. The summed E-state index contributed by atoms with van der Waals surface area (Å²) in [4.78, 5) is 14.9. The summed E-state index contributed by atoms with van der Waals surface area (Å²) in [6, 6.07) is 20.0. The Bertz CT molecular complexity index is 622. The number of para-hydroxylation sites is 2. The van der Waals surface area contributed by atoms with E-state index in [4.69, 9.17) is 0 Å². The number of benzene rings is 2. The monoisotopic (exact) mass is 349 g/mol. The Hall–Kier alpha value is -2.09. The lowest BCUT2D eigenvalue weighted by atomic mass is 9.82. The van der Waals surface area contributed by atoms with Crippen molar-refractivity contribution in [2.45, 2.75) is 58.3 Å². The van der Waals surface area contributed by atoms with Gasteiger partial charge in [0.1, 0.15) is 0 Å². The summed E-state index contributed by atoms with van der Waals surface area (Å²) in [5, 5.41) is 0. The van der Waals surface area contributed by atoms with Gasteiger partial charge in [-0.1, -0.05) is 75.4 Å². The molecule has 26 heavy (non-hydrogen) atoms. The summed E-state index contributed by atoms with van der Waals surface area (Å²) < 4.78 is 0. The number of anilines is 2.